The third-order valence-electron chi connectivity index (χ3n) is 2.57. The highest BCUT2D eigenvalue weighted by Gasteiger charge is 2.03. The topological polar surface area (TPSA) is 36.7 Å². The smallest absolute Gasteiger partial charge is 0.0985 e. The molecule has 0 radical (unpaired) electrons. The van der Waals surface area contributed by atoms with Crippen LogP contribution in [0, 0.1) is 11.3 Å². The van der Waals surface area contributed by atoms with E-state index >= 15 is 0 Å². The molecule has 1 heterocycles. The fourth-order valence-electron chi connectivity index (χ4n) is 1.52. The first kappa shape index (κ1) is 13.9. The molecular weight excluding hydrogens is 220 g/mol. The maximum Gasteiger partial charge on any atom is 0.0985 e. The zero-order valence-electron chi connectivity index (χ0n) is 11.1. The molecule has 1 rings (SSSR count). The summed E-state index contributed by atoms with van der Waals surface area (Å²) in [6, 6.07) is 6.07. The molecule has 0 atom stereocenters. The van der Waals surface area contributed by atoms with E-state index in [2.05, 4.69) is 31.5 Å². The molecule has 1 aromatic heterocycles. The molecule has 0 saturated heterocycles. The van der Waals surface area contributed by atoms with Gasteiger partial charge in [0.05, 0.1) is 11.8 Å². The Morgan fingerprint density at radius 1 is 1.44 bits per heavy atom. The van der Waals surface area contributed by atoms with E-state index in [1.165, 1.54) is 5.56 Å². The molecule has 0 aromatic carbocycles. The van der Waals surface area contributed by atoms with Crippen molar-refractivity contribution < 1.29 is 0 Å². The van der Waals surface area contributed by atoms with Crippen molar-refractivity contribution in [3.05, 3.63) is 60.0 Å². The van der Waals surface area contributed by atoms with Crippen LogP contribution in [0.15, 0.2) is 48.7 Å². The second kappa shape index (κ2) is 6.56. The van der Waals surface area contributed by atoms with Crippen molar-refractivity contribution in [3.63, 3.8) is 0 Å². The second-order valence-corrected chi connectivity index (χ2v) is 4.37. The van der Waals surface area contributed by atoms with Gasteiger partial charge in [-0.15, -0.1) is 0 Å². The van der Waals surface area contributed by atoms with Crippen LogP contribution in [-0.2, 0) is 0 Å². The van der Waals surface area contributed by atoms with Gasteiger partial charge in [-0.2, -0.15) is 5.26 Å². The second-order valence-electron chi connectivity index (χ2n) is 4.37. The molecule has 0 spiro atoms. The number of hydrogen-bond donors (Lipinski definition) is 0. The molecule has 0 unspecified atom stereocenters. The van der Waals surface area contributed by atoms with E-state index in [0.717, 1.165) is 11.3 Å². The van der Waals surface area contributed by atoms with E-state index in [1.807, 2.05) is 37.4 Å². The Morgan fingerprint density at radius 2 is 2.17 bits per heavy atom. The van der Waals surface area contributed by atoms with Crippen molar-refractivity contribution in [2.75, 3.05) is 0 Å². The molecule has 0 bridgehead atoms. The maximum absolute atomic E-state index is 8.78. The summed E-state index contributed by atoms with van der Waals surface area (Å²) in [6.07, 6.45) is 7.48. The monoisotopic (exact) mass is 238 g/mol. The highest BCUT2D eigenvalue weighted by Crippen LogP contribution is 2.19. The minimum Gasteiger partial charge on any atom is -0.256 e. The average molecular weight is 238 g/mol. The van der Waals surface area contributed by atoms with Crippen molar-refractivity contribution in [2.24, 2.45) is 0 Å². The molecule has 18 heavy (non-hydrogen) atoms. The first-order chi connectivity index (χ1) is 8.58. The first-order valence-corrected chi connectivity index (χ1v) is 5.98. The summed E-state index contributed by atoms with van der Waals surface area (Å²) in [7, 11) is 0. The van der Waals surface area contributed by atoms with Crippen LogP contribution < -0.4 is 0 Å². The quantitative estimate of drug-likeness (QED) is 0.581. The normalized spacial score (nSPS) is 11.8. The van der Waals surface area contributed by atoms with Gasteiger partial charge in [0, 0.05) is 17.3 Å². The van der Waals surface area contributed by atoms with E-state index < -0.39 is 0 Å². The Kier molecular flexibility index (Phi) is 5.07. The van der Waals surface area contributed by atoms with Gasteiger partial charge >= 0.3 is 0 Å². The molecule has 2 heteroatoms. The van der Waals surface area contributed by atoms with E-state index in [0.29, 0.717) is 11.5 Å². The molecule has 0 aliphatic carbocycles. The highest BCUT2D eigenvalue weighted by atomic mass is 14.7. The number of nitriles is 1. The summed E-state index contributed by atoms with van der Waals surface area (Å²) >= 11 is 0. The number of nitrogens with zero attached hydrogens (tertiary/aromatic N) is 2. The van der Waals surface area contributed by atoms with Crippen LogP contribution >= 0.6 is 0 Å². The third kappa shape index (κ3) is 3.71. The Balaban J connectivity index is 3.12. The van der Waals surface area contributed by atoms with Crippen LogP contribution in [0.3, 0.4) is 0 Å². The zero-order valence-corrected chi connectivity index (χ0v) is 11.1. The molecule has 0 aliphatic rings. The summed E-state index contributed by atoms with van der Waals surface area (Å²) in [5.41, 5.74) is 3.39. The van der Waals surface area contributed by atoms with Gasteiger partial charge in [-0.05, 0) is 30.5 Å². The summed E-state index contributed by atoms with van der Waals surface area (Å²) in [6.45, 7) is 9.87. The van der Waals surface area contributed by atoms with Gasteiger partial charge in [0.15, 0.2) is 0 Å². The van der Waals surface area contributed by atoms with Gasteiger partial charge in [-0.3, -0.25) is 4.98 Å². The lowest BCUT2D eigenvalue weighted by molar-refractivity contribution is 0.857. The molecule has 2 nitrogen and oxygen atoms in total. The van der Waals surface area contributed by atoms with E-state index in [4.69, 9.17) is 5.26 Å². The highest BCUT2D eigenvalue weighted by molar-refractivity contribution is 5.74. The predicted molar refractivity (Wildman–Crippen MR) is 75.9 cm³/mol. The van der Waals surface area contributed by atoms with Gasteiger partial charge in [0.25, 0.3) is 0 Å². The van der Waals surface area contributed by atoms with Gasteiger partial charge in [-0.1, -0.05) is 38.6 Å². The van der Waals surface area contributed by atoms with Gasteiger partial charge in [0.2, 0.25) is 0 Å². The van der Waals surface area contributed by atoms with Gasteiger partial charge in [-0.25, -0.2) is 0 Å². The molecule has 0 aliphatic heterocycles. The molecule has 0 N–H and O–H groups in total. The molecular formula is C16H18N2. The number of hydrogen-bond acceptors (Lipinski definition) is 2. The minimum absolute atomic E-state index is 0.429. The fourth-order valence-corrected chi connectivity index (χ4v) is 1.52. The van der Waals surface area contributed by atoms with Gasteiger partial charge < -0.3 is 0 Å². The van der Waals surface area contributed by atoms with Crippen LogP contribution in [0.1, 0.15) is 37.9 Å². The molecule has 0 amide bonds. The van der Waals surface area contributed by atoms with E-state index in [-0.39, 0.29) is 0 Å². The average Bonchev–Trinajstić information content (AvgIpc) is 2.38. The molecule has 92 valence electrons. The first-order valence-electron chi connectivity index (χ1n) is 5.98. The summed E-state index contributed by atoms with van der Waals surface area (Å²) < 4.78 is 0. The number of rotatable bonds is 4. The number of allylic oxidation sites excluding steroid dienone is 5. The van der Waals surface area contributed by atoms with Crippen molar-refractivity contribution in [1.82, 2.24) is 4.98 Å². The lowest BCUT2D eigenvalue weighted by Crippen LogP contribution is -1.92. The molecule has 0 fully saturated rings. The van der Waals surface area contributed by atoms with Crippen LogP contribution in [0.5, 0.6) is 0 Å². The Bertz CT molecular complexity index is 511. The predicted octanol–water partition coefficient (Wildman–Crippen LogP) is 4.24. The summed E-state index contributed by atoms with van der Waals surface area (Å²) in [5, 5.41) is 8.78. The maximum atomic E-state index is 8.78. The van der Waals surface area contributed by atoms with Crippen molar-refractivity contribution in [2.45, 2.75) is 26.7 Å². The summed E-state index contributed by atoms with van der Waals surface area (Å²) in [4.78, 5) is 4.44. The number of pyridine rings is 1. The van der Waals surface area contributed by atoms with Crippen molar-refractivity contribution in [3.8, 4) is 6.07 Å². The van der Waals surface area contributed by atoms with Crippen LogP contribution in [0.2, 0.25) is 0 Å². The fraction of sp³-hybridized carbons (Fsp3) is 0.250. The van der Waals surface area contributed by atoms with Crippen molar-refractivity contribution in [1.29, 1.82) is 5.26 Å². The third-order valence-corrected chi connectivity index (χ3v) is 2.57. The van der Waals surface area contributed by atoms with Crippen LogP contribution in [0.25, 0.3) is 5.57 Å². The van der Waals surface area contributed by atoms with Crippen LogP contribution in [-0.4, -0.2) is 4.98 Å². The Morgan fingerprint density at radius 3 is 2.61 bits per heavy atom. The SMILES string of the molecule is C=C(C#N)/C=C(\C=CC)c1ccc(C(C)C)cn1. The molecule has 0 saturated carbocycles. The van der Waals surface area contributed by atoms with Crippen molar-refractivity contribution >= 4 is 5.57 Å². The molecule has 1 aromatic rings. The lowest BCUT2D eigenvalue weighted by atomic mass is 10.0. The standard InChI is InChI=1S/C16H18N2/c1-5-6-14(9-13(4)10-17)16-8-7-15(11-18-16)12(2)3/h5-9,11-12H,4H2,1-3H3/b6-5?,14-9+. The zero-order chi connectivity index (χ0) is 13.5. The largest absolute Gasteiger partial charge is 0.256 e. The Hall–Kier alpha value is -2.14. The van der Waals surface area contributed by atoms with E-state index in [9.17, 15) is 0 Å². The lowest BCUT2D eigenvalue weighted by Gasteiger charge is -2.06. The number of aromatic nitrogens is 1. The Labute approximate surface area is 109 Å². The van der Waals surface area contributed by atoms with Gasteiger partial charge in [0.1, 0.15) is 0 Å². The summed E-state index contributed by atoms with van der Waals surface area (Å²) in [5.74, 6) is 0.467. The minimum atomic E-state index is 0.429. The van der Waals surface area contributed by atoms with E-state index in [1.54, 1.807) is 6.08 Å². The van der Waals surface area contributed by atoms with Crippen LogP contribution in [0.4, 0.5) is 0 Å².